The van der Waals surface area contributed by atoms with E-state index in [2.05, 4.69) is 6.92 Å². The van der Waals surface area contributed by atoms with Crippen molar-refractivity contribution in [2.45, 2.75) is 76.7 Å². The normalized spacial score (nSPS) is 23.9. The molecule has 1 aliphatic carbocycles. The number of ketones is 1. The molecule has 0 bridgehead atoms. The van der Waals surface area contributed by atoms with Gasteiger partial charge in [0.1, 0.15) is 5.60 Å². The Kier molecular flexibility index (Phi) is 6.49. The molecular weight excluding hydrogens is 212 g/mol. The van der Waals surface area contributed by atoms with E-state index in [9.17, 15) is 9.90 Å². The van der Waals surface area contributed by atoms with Crippen LogP contribution in [0.1, 0.15) is 71.1 Å². The number of unbranched alkanes of at least 4 members (excludes halogenated alkanes) is 5. The van der Waals surface area contributed by atoms with Crippen molar-refractivity contribution in [2.24, 2.45) is 0 Å². The van der Waals surface area contributed by atoms with Crippen molar-refractivity contribution in [1.29, 1.82) is 0 Å². The van der Waals surface area contributed by atoms with Gasteiger partial charge in [-0.25, -0.2) is 0 Å². The van der Waals surface area contributed by atoms with E-state index in [-0.39, 0.29) is 5.78 Å². The van der Waals surface area contributed by atoms with Crippen LogP contribution in [0.4, 0.5) is 0 Å². The van der Waals surface area contributed by atoms with Gasteiger partial charge in [0, 0.05) is 6.42 Å². The first kappa shape index (κ1) is 14.4. The van der Waals surface area contributed by atoms with Gasteiger partial charge in [0.25, 0.3) is 0 Å². The summed E-state index contributed by atoms with van der Waals surface area (Å²) in [6, 6.07) is 0. The number of carbonyl (C=O) groups excluding carboxylic acids is 1. The Bertz CT molecular complexity index is 258. The van der Waals surface area contributed by atoms with E-state index >= 15 is 0 Å². The van der Waals surface area contributed by atoms with Crippen LogP contribution in [0.15, 0.2) is 12.2 Å². The lowest BCUT2D eigenvalue weighted by molar-refractivity contribution is -0.134. The van der Waals surface area contributed by atoms with Crippen molar-refractivity contribution in [3.05, 3.63) is 12.2 Å². The molecule has 17 heavy (non-hydrogen) atoms. The lowest BCUT2D eigenvalue weighted by Crippen LogP contribution is -2.37. The van der Waals surface area contributed by atoms with E-state index in [1.165, 1.54) is 25.7 Å². The number of rotatable bonds is 8. The summed E-state index contributed by atoms with van der Waals surface area (Å²) in [6.07, 6.45) is 13.8. The Balaban J connectivity index is 2.16. The van der Waals surface area contributed by atoms with Gasteiger partial charge >= 0.3 is 0 Å². The third-order valence-electron chi connectivity index (χ3n) is 3.56. The summed E-state index contributed by atoms with van der Waals surface area (Å²) in [5.74, 6) is 0.0175. The second-order valence-electron chi connectivity index (χ2n) is 5.16. The Morgan fingerprint density at radius 1 is 1.24 bits per heavy atom. The largest absolute Gasteiger partial charge is 0.378 e. The van der Waals surface area contributed by atoms with Gasteiger partial charge in [-0.2, -0.15) is 0 Å². The lowest BCUT2D eigenvalue weighted by Gasteiger charge is -2.25. The average molecular weight is 238 g/mol. The van der Waals surface area contributed by atoms with Gasteiger partial charge < -0.3 is 5.11 Å². The fourth-order valence-corrected chi connectivity index (χ4v) is 2.37. The van der Waals surface area contributed by atoms with Gasteiger partial charge in [0.05, 0.1) is 0 Å². The molecule has 1 rings (SSSR count). The van der Waals surface area contributed by atoms with E-state index in [0.717, 1.165) is 25.7 Å². The zero-order valence-electron chi connectivity index (χ0n) is 11.1. The number of Topliss-reactive ketones (excluding diaryl/α,β-unsaturated/α-hetero) is 1. The third kappa shape index (κ3) is 5.03. The Morgan fingerprint density at radius 3 is 2.59 bits per heavy atom. The second kappa shape index (κ2) is 7.65. The van der Waals surface area contributed by atoms with Gasteiger partial charge in [-0.1, -0.05) is 45.1 Å². The first-order chi connectivity index (χ1) is 8.19. The summed E-state index contributed by atoms with van der Waals surface area (Å²) in [5, 5.41) is 10.1. The molecule has 0 heterocycles. The molecular formula is C15H26O2. The minimum Gasteiger partial charge on any atom is -0.378 e. The summed E-state index contributed by atoms with van der Waals surface area (Å²) in [4.78, 5) is 11.9. The zero-order valence-corrected chi connectivity index (χ0v) is 11.1. The molecule has 2 heteroatoms. The molecule has 2 nitrogen and oxygen atoms in total. The predicted molar refractivity (Wildman–Crippen MR) is 70.9 cm³/mol. The number of carbonyl (C=O) groups is 1. The van der Waals surface area contributed by atoms with Crippen LogP contribution in [0.25, 0.3) is 0 Å². The number of hydrogen-bond acceptors (Lipinski definition) is 2. The maximum absolute atomic E-state index is 11.9. The highest BCUT2D eigenvalue weighted by atomic mass is 16.3. The number of allylic oxidation sites excluding steroid dienone is 1. The molecule has 0 saturated carbocycles. The predicted octanol–water partition coefficient (Wildman–Crippen LogP) is 3.78. The molecule has 0 spiro atoms. The summed E-state index contributed by atoms with van der Waals surface area (Å²) in [7, 11) is 0. The standard InChI is InChI=1S/C15H26O2/c1-2-3-4-5-6-8-11-14(16)15(17)12-9-7-10-13-15/h9,12,17H,2-8,10-11,13H2,1H3. The van der Waals surface area contributed by atoms with E-state index in [0.29, 0.717) is 12.8 Å². The first-order valence-electron chi connectivity index (χ1n) is 7.12. The molecule has 0 aliphatic heterocycles. The Labute approximate surface area is 105 Å². The molecule has 1 atom stereocenters. The molecule has 98 valence electrons. The van der Waals surface area contributed by atoms with Crippen molar-refractivity contribution in [3.8, 4) is 0 Å². The van der Waals surface area contributed by atoms with Crippen molar-refractivity contribution in [2.75, 3.05) is 0 Å². The van der Waals surface area contributed by atoms with E-state index in [4.69, 9.17) is 0 Å². The minimum absolute atomic E-state index is 0.0175. The van der Waals surface area contributed by atoms with Crippen LogP contribution in [-0.2, 0) is 4.79 Å². The third-order valence-corrected chi connectivity index (χ3v) is 3.56. The number of aliphatic hydroxyl groups is 1. The summed E-state index contributed by atoms with van der Waals surface area (Å²) in [5.41, 5.74) is -1.14. The smallest absolute Gasteiger partial charge is 0.168 e. The quantitative estimate of drug-likeness (QED) is 0.516. The Hall–Kier alpha value is -0.630. The second-order valence-corrected chi connectivity index (χ2v) is 5.16. The molecule has 1 unspecified atom stereocenters. The van der Waals surface area contributed by atoms with Crippen LogP contribution in [0.2, 0.25) is 0 Å². The average Bonchev–Trinajstić information content (AvgIpc) is 2.34. The van der Waals surface area contributed by atoms with Crippen LogP contribution in [0.5, 0.6) is 0 Å². The SMILES string of the molecule is CCCCCCCCC(=O)C1(O)C=CCCC1. The van der Waals surface area contributed by atoms with Crippen LogP contribution in [-0.4, -0.2) is 16.5 Å². The van der Waals surface area contributed by atoms with Crippen molar-refractivity contribution >= 4 is 5.78 Å². The van der Waals surface area contributed by atoms with E-state index in [1.807, 2.05) is 6.08 Å². The fourth-order valence-electron chi connectivity index (χ4n) is 2.37. The first-order valence-corrected chi connectivity index (χ1v) is 7.12. The molecule has 0 aromatic carbocycles. The highest BCUT2D eigenvalue weighted by molar-refractivity contribution is 5.89. The molecule has 1 N–H and O–H groups in total. The minimum atomic E-state index is -1.14. The van der Waals surface area contributed by atoms with E-state index in [1.54, 1.807) is 6.08 Å². The topological polar surface area (TPSA) is 37.3 Å². The molecule has 0 fully saturated rings. The van der Waals surface area contributed by atoms with Crippen LogP contribution in [0.3, 0.4) is 0 Å². The van der Waals surface area contributed by atoms with Crippen LogP contribution >= 0.6 is 0 Å². The van der Waals surface area contributed by atoms with Gasteiger partial charge in [-0.3, -0.25) is 4.79 Å². The van der Waals surface area contributed by atoms with Gasteiger partial charge in [0.15, 0.2) is 5.78 Å². The number of hydrogen-bond donors (Lipinski definition) is 1. The summed E-state index contributed by atoms with van der Waals surface area (Å²) < 4.78 is 0. The van der Waals surface area contributed by atoms with Crippen molar-refractivity contribution in [3.63, 3.8) is 0 Å². The highest BCUT2D eigenvalue weighted by Crippen LogP contribution is 2.25. The van der Waals surface area contributed by atoms with Crippen LogP contribution < -0.4 is 0 Å². The Morgan fingerprint density at radius 2 is 1.94 bits per heavy atom. The monoisotopic (exact) mass is 238 g/mol. The van der Waals surface area contributed by atoms with Crippen LogP contribution in [0, 0.1) is 0 Å². The fraction of sp³-hybridized carbons (Fsp3) is 0.800. The summed E-state index contributed by atoms with van der Waals surface area (Å²) in [6.45, 7) is 2.20. The summed E-state index contributed by atoms with van der Waals surface area (Å²) >= 11 is 0. The maximum atomic E-state index is 11.9. The molecule has 0 saturated heterocycles. The van der Waals surface area contributed by atoms with E-state index < -0.39 is 5.60 Å². The molecule has 0 aromatic rings. The van der Waals surface area contributed by atoms with Gasteiger partial charge in [0.2, 0.25) is 0 Å². The molecule has 0 aromatic heterocycles. The molecule has 0 radical (unpaired) electrons. The zero-order chi connectivity index (χ0) is 12.6. The van der Waals surface area contributed by atoms with Crippen molar-refractivity contribution < 1.29 is 9.90 Å². The van der Waals surface area contributed by atoms with Crippen molar-refractivity contribution in [1.82, 2.24) is 0 Å². The maximum Gasteiger partial charge on any atom is 0.168 e. The van der Waals surface area contributed by atoms with Gasteiger partial charge in [-0.15, -0.1) is 0 Å². The van der Waals surface area contributed by atoms with Gasteiger partial charge in [-0.05, 0) is 31.8 Å². The molecule has 1 aliphatic rings. The lowest BCUT2D eigenvalue weighted by atomic mass is 9.85. The molecule has 0 amide bonds. The highest BCUT2D eigenvalue weighted by Gasteiger charge is 2.32.